The summed E-state index contributed by atoms with van der Waals surface area (Å²) in [6.45, 7) is 6.20. The van der Waals surface area contributed by atoms with Gasteiger partial charge in [-0.1, -0.05) is 29.8 Å². The Hall–Kier alpha value is -1.42. The number of rotatable bonds is 1. The molecule has 0 spiro atoms. The van der Waals surface area contributed by atoms with Crippen LogP contribution in [0.25, 0.3) is 5.69 Å². The van der Waals surface area contributed by atoms with E-state index in [9.17, 15) is 4.79 Å². The summed E-state index contributed by atoms with van der Waals surface area (Å²) >= 11 is 3.44. The van der Waals surface area contributed by atoms with E-state index in [1.165, 1.54) is 0 Å². The van der Waals surface area contributed by atoms with Crippen molar-refractivity contribution in [3.63, 3.8) is 0 Å². The molecule has 2 aromatic rings. The molecule has 1 aliphatic rings. The van der Waals surface area contributed by atoms with Gasteiger partial charge in [0.25, 0.3) is 0 Å². The van der Waals surface area contributed by atoms with Gasteiger partial charge in [0.2, 0.25) is 0 Å². The quantitative estimate of drug-likeness (QED) is 0.788. The fraction of sp³-hybridized carbons (Fsp3) is 0.375. The van der Waals surface area contributed by atoms with Crippen molar-refractivity contribution in [2.24, 2.45) is 5.41 Å². The molecule has 0 saturated carbocycles. The maximum Gasteiger partial charge on any atom is 0.167 e. The summed E-state index contributed by atoms with van der Waals surface area (Å²) in [6, 6.07) is 8.02. The molecule has 3 rings (SSSR count). The van der Waals surface area contributed by atoms with Gasteiger partial charge in [0.1, 0.15) is 0 Å². The highest BCUT2D eigenvalue weighted by Gasteiger charge is 2.35. The van der Waals surface area contributed by atoms with E-state index in [1.807, 2.05) is 35.9 Å². The number of hydrogen-bond donors (Lipinski definition) is 0. The summed E-state index contributed by atoms with van der Waals surface area (Å²) in [5.74, 6) is 0.220. The van der Waals surface area contributed by atoms with Gasteiger partial charge in [0, 0.05) is 10.9 Å². The number of carbonyl (C=O) groups is 1. The fourth-order valence-electron chi connectivity index (χ4n) is 2.94. The molecule has 20 heavy (non-hydrogen) atoms. The molecular formula is C16H17BrN2O. The summed E-state index contributed by atoms with van der Waals surface area (Å²) in [4.78, 5) is 12.4. The number of aryl methyl sites for hydroxylation is 1. The van der Waals surface area contributed by atoms with E-state index < -0.39 is 0 Å². The maximum absolute atomic E-state index is 12.4. The minimum Gasteiger partial charge on any atom is -0.294 e. The average molecular weight is 333 g/mol. The van der Waals surface area contributed by atoms with Crippen molar-refractivity contribution in [1.82, 2.24) is 9.78 Å². The molecule has 1 aliphatic carbocycles. The van der Waals surface area contributed by atoms with Crippen LogP contribution < -0.4 is 0 Å². The molecule has 0 fully saturated rings. The lowest BCUT2D eigenvalue weighted by Gasteiger charge is -2.29. The highest BCUT2D eigenvalue weighted by atomic mass is 79.9. The van der Waals surface area contributed by atoms with Crippen LogP contribution in [0.3, 0.4) is 0 Å². The normalized spacial score (nSPS) is 17.1. The lowest BCUT2D eigenvalue weighted by Crippen LogP contribution is -2.28. The number of halogens is 1. The summed E-state index contributed by atoms with van der Waals surface area (Å²) in [7, 11) is 0. The number of nitrogens with zero attached hydrogens (tertiary/aromatic N) is 2. The van der Waals surface area contributed by atoms with E-state index in [-0.39, 0.29) is 11.2 Å². The highest BCUT2D eigenvalue weighted by Crippen LogP contribution is 2.36. The summed E-state index contributed by atoms with van der Waals surface area (Å²) in [6.07, 6.45) is 1.48. The average Bonchev–Trinajstić information content (AvgIpc) is 2.66. The predicted molar refractivity (Wildman–Crippen MR) is 82.4 cm³/mol. The molecule has 3 nitrogen and oxygen atoms in total. The number of fused-ring (bicyclic) bond motifs is 1. The largest absolute Gasteiger partial charge is 0.294 e. The highest BCUT2D eigenvalue weighted by molar-refractivity contribution is 9.10. The molecule has 0 amide bonds. The Bertz CT molecular complexity index is 683. The monoisotopic (exact) mass is 332 g/mol. The van der Waals surface area contributed by atoms with Gasteiger partial charge < -0.3 is 0 Å². The Kier molecular flexibility index (Phi) is 3.09. The van der Waals surface area contributed by atoms with E-state index in [0.29, 0.717) is 6.42 Å². The lowest BCUT2D eigenvalue weighted by atomic mass is 9.75. The fourth-order valence-corrected chi connectivity index (χ4v) is 3.20. The van der Waals surface area contributed by atoms with Gasteiger partial charge in [-0.25, -0.2) is 4.68 Å². The van der Waals surface area contributed by atoms with Gasteiger partial charge >= 0.3 is 0 Å². The van der Waals surface area contributed by atoms with E-state index >= 15 is 0 Å². The van der Waals surface area contributed by atoms with Gasteiger partial charge in [0.05, 0.1) is 22.6 Å². The first-order chi connectivity index (χ1) is 9.37. The predicted octanol–water partition coefficient (Wildman–Crippen LogP) is 4.10. The second-order valence-electron chi connectivity index (χ2n) is 6.24. The van der Waals surface area contributed by atoms with Crippen LogP contribution in [0.5, 0.6) is 0 Å². The second-order valence-corrected chi connectivity index (χ2v) is 7.15. The molecular weight excluding hydrogens is 316 g/mol. The standard InChI is InChI=1S/C16H17BrN2O/c1-10-15-13(8-16(2,3)9-14(15)20)19(18-10)12-6-4-11(17)5-7-12/h4-7H,8-9H2,1-3H3. The molecule has 1 aromatic heterocycles. The van der Waals surface area contributed by atoms with Crippen LogP contribution in [0.2, 0.25) is 0 Å². The van der Waals surface area contributed by atoms with Crippen molar-refractivity contribution in [3.8, 4) is 5.69 Å². The van der Waals surface area contributed by atoms with Crippen molar-refractivity contribution < 1.29 is 4.79 Å². The summed E-state index contributed by atoms with van der Waals surface area (Å²) < 4.78 is 2.96. The van der Waals surface area contributed by atoms with Gasteiger partial charge in [-0.3, -0.25) is 4.79 Å². The number of hydrogen-bond acceptors (Lipinski definition) is 2. The molecule has 0 unspecified atom stereocenters. The Balaban J connectivity index is 2.17. The van der Waals surface area contributed by atoms with Gasteiger partial charge in [-0.15, -0.1) is 0 Å². The zero-order chi connectivity index (χ0) is 14.5. The first kappa shape index (κ1) is 13.6. The molecule has 4 heteroatoms. The van der Waals surface area contributed by atoms with Crippen LogP contribution >= 0.6 is 15.9 Å². The molecule has 1 heterocycles. The first-order valence-electron chi connectivity index (χ1n) is 6.75. The van der Waals surface area contributed by atoms with Crippen LogP contribution in [0.15, 0.2) is 28.7 Å². The molecule has 0 N–H and O–H groups in total. The van der Waals surface area contributed by atoms with Crippen LogP contribution in [0.4, 0.5) is 0 Å². The van der Waals surface area contributed by atoms with Crippen molar-refractivity contribution in [1.29, 1.82) is 0 Å². The molecule has 0 atom stereocenters. The van der Waals surface area contributed by atoms with Crippen LogP contribution in [-0.4, -0.2) is 15.6 Å². The number of carbonyl (C=O) groups excluding carboxylic acids is 1. The number of aromatic nitrogens is 2. The van der Waals surface area contributed by atoms with E-state index in [0.717, 1.165) is 33.5 Å². The molecule has 104 valence electrons. The Morgan fingerprint density at radius 1 is 1.20 bits per heavy atom. The van der Waals surface area contributed by atoms with Crippen LogP contribution in [0, 0.1) is 12.3 Å². The molecule has 0 bridgehead atoms. The third-order valence-corrected chi connectivity index (χ3v) is 4.32. The minimum atomic E-state index is 0.00364. The van der Waals surface area contributed by atoms with Gasteiger partial charge in [-0.2, -0.15) is 5.10 Å². The minimum absolute atomic E-state index is 0.00364. The number of Topliss-reactive ketones (excluding diaryl/α,β-unsaturated/α-hetero) is 1. The van der Waals surface area contributed by atoms with Crippen molar-refractivity contribution in [3.05, 3.63) is 45.7 Å². The first-order valence-corrected chi connectivity index (χ1v) is 7.54. The summed E-state index contributed by atoms with van der Waals surface area (Å²) in [5, 5.41) is 4.59. The zero-order valence-corrected chi connectivity index (χ0v) is 13.5. The third-order valence-electron chi connectivity index (χ3n) is 3.79. The van der Waals surface area contributed by atoms with Crippen molar-refractivity contribution >= 4 is 21.7 Å². The SMILES string of the molecule is Cc1nn(-c2ccc(Br)cc2)c2c1C(=O)CC(C)(C)C2. The van der Waals surface area contributed by atoms with Crippen molar-refractivity contribution in [2.75, 3.05) is 0 Å². The lowest BCUT2D eigenvalue weighted by molar-refractivity contribution is 0.0910. The molecule has 1 aromatic carbocycles. The second kappa shape index (κ2) is 4.55. The van der Waals surface area contributed by atoms with Crippen molar-refractivity contribution in [2.45, 2.75) is 33.6 Å². The molecule has 0 saturated heterocycles. The van der Waals surface area contributed by atoms with Crippen LogP contribution in [0.1, 0.15) is 42.0 Å². The smallest absolute Gasteiger partial charge is 0.167 e. The van der Waals surface area contributed by atoms with E-state index in [1.54, 1.807) is 0 Å². The van der Waals surface area contributed by atoms with Gasteiger partial charge in [0.15, 0.2) is 5.78 Å². The van der Waals surface area contributed by atoms with E-state index in [4.69, 9.17) is 0 Å². The Morgan fingerprint density at radius 3 is 2.50 bits per heavy atom. The number of ketones is 1. The van der Waals surface area contributed by atoms with Gasteiger partial charge in [-0.05, 0) is 43.0 Å². The molecule has 0 aliphatic heterocycles. The number of benzene rings is 1. The Labute approximate surface area is 127 Å². The summed E-state index contributed by atoms with van der Waals surface area (Å²) in [5.41, 5.74) is 3.72. The zero-order valence-electron chi connectivity index (χ0n) is 11.9. The van der Waals surface area contributed by atoms with Crippen LogP contribution in [-0.2, 0) is 6.42 Å². The maximum atomic E-state index is 12.4. The topological polar surface area (TPSA) is 34.9 Å². The Morgan fingerprint density at radius 2 is 1.85 bits per heavy atom. The van der Waals surface area contributed by atoms with E-state index in [2.05, 4.69) is 34.9 Å². The molecule has 0 radical (unpaired) electrons. The third kappa shape index (κ3) is 2.22.